The van der Waals surface area contributed by atoms with Crippen molar-refractivity contribution in [3.8, 4) is 0 Å². The van der Waals surface area contributed by atoms with E-state index in [0.717, 1.165) is 0 Å². The molecule has 8 nitrogen and oxygen atoms in total. The van der Waals surface area contributed by atoms with Gasteiger partial charge in [0.25, 0.3) is 0 Å². The average molecular weight is 254 g/mol. The average Bonchev–Trinajstić information content (AvgIpc) is 2.89. The molecule has 2 heterocycles. The van der Waals surface area contributed by atoms with Crippen molar-refractivity contribution in [2.24, 2.45) is 5.92 Å². The maximum absolute atomic E-state index is 11.3. The van der Waals surface area contributed by atoms with Gasteiger partial charge in [-0.3, -0.25) is 0 Å². The number of carbonyl (C=O) groups excluding carboxylic acids is 1. The van der Waals surface area contributed by atoms with Gasteiger partial charge in [0.05, 0.1) is 13.1 Å². The maximum Gasteiger partial charge on any atom is 0.434 e. The molecule has 1 aliphatic rings. The molecule has 0 aromatic carbocycles. The summed E-state index contributed by atoms with van der Waals surface area (Å²) in [6.45, 7) is 3.88. The Morgan fingerprint density at radius 2 is 2.39 bits per heavy atom. The Morgan fingerprint density at radius 1 is 1.61 bits per heavy atom. The largest absolute Gasteiger partial charge is 0.448 e. The van der Waals surface area contributed by atoms with Crippen molar-refractivity contribution in [3.05, 3.63) is 22.5 Å². The molecule has 1 aromatic heterocycles. The Kier molecular flexibility index (Phi) is 3.45. The Morgan fingerprint density at radius 3 is 3.00 bits per heavy atom. The smallest absolute Gasteiger partial charge is 0.434 e. The van der Waals surface area contributed by atoms with Gasteiger partial charge in [0, 0.05) is 12.5 Å². The molecule has 1 atom stereocenters. The monoisotopic (exact) mass is 254 g/mol. The minimum atomic E-state index is -0.517. The second-order valence-corrected chi connectivity index (χ2v) is 4.30. The molecule has 98 valence electrons. The van der Waals surface area contributed by atoms with Crippen LogP contribution in [0.4, 0.5) is 10.7 Å². The second-order valence-electron chi connectivity index (χ2n) is 4.30. The first-order chi connectivity index (χ1) is 8.58. The van der Waals surface area contributed by atoms with Crippen LogP contribution in [0.1, 0.15) is 6.92 Å². The summed E-state index contributed by atoms with van der Waals surface area (Å²) in [7, 11) is 0. The van der Waals surface area contributed by atoms with Crippen molar-refractivity contribution < 1.29 is 14.5 Å². The number of nitrogens with zero attached hydrogens (tertiary/aromatic N) is 4. The molecule has 8 heteroatoms. The van der Waals surface area contributed by atoms with Crippen LogP contribution < -0.4 is 0 Å². The highest BCUT2D eigenvalue weighted by atomic mass is 16.6. The van der Waals surface area contributed by atoms with E-state index >= 15 is 0 Å². The van der Waals surface area contributed by atoms with Gasteiger partial charge in [-0.1, -0.05) is 11.9 Å². The SMILES string of the molecule is CC(CN1CCOC1=O)Cn1ccnc1[N+](=O)[O-]. The highest BCUT2D eigenvalue weighted by molar-refractivity contribution is 5.69. The summed E-state index contributed by atoms with van der Waals surface area (Å²) in [6, 6.07) is 0. The van der Waals surface area contributed by atoms with Gasteiger partial charge >= 0.3 is 12.0 Å². The summed E-state index contributed by atoms with van der Waals surface area (Å²) in [5.74, 6) is -0.0885. The number of hydrogen-bond acceptors (Lipinski definition) is 5. The topological polar surface area (TPSA) is 90.5 Å². The molecule has 1 amide bonds. The van der Waals surface area contributed by atoms with Crippen LogP contribution in [0.5, 0.6) is 0 Å². The third-order valence-corrected chi connectivity index (χ3v) is 2.74. The normalized spacial score (nSPS) is 16.7. The lowest BCUT2D eigenvalue weighted by atomic mass is 10.1. The van der Waals surface area contributed by atoms with Crippen molar-refractivity contribution in [2.75, 3.05) is 19.7 Å². The minimum absolute atomic E-state index is 0.0866. The number of imidazole rings is 1. The Balaban J connectivity index is 1.94. The van der Waals surface area contributed by atoms with E-state index in [4.69, 9.17) is 4.74 Å². The van der Waals surface area contributed by atoms with Gasteiger partial charge in [-0.25, -0.2) is 9.36 Å². The Labute approximate surface area is 103 Å². The zero-order valence-corrected chi connectivity index (χ0v) is 9.98. The lowest BCUT2D eigenvalue weighted by molar-refractivity contribution is -0.396. The van der Waals surface area contributed by atoms with E-state index < -0.39 is 4.92 Å². The maximum atomic E-state index is 11.3. The molecule has 0 N–H and O–H groups in total. The fourth-order valence-electron chi connectivity index (χ4n) is 1.98. The fraction of sp³-hybridized carbons (Fsp3) is 0.600. The molecule has 1 saturated heterocycles. The quantitative estimate of drug-likeness (QED) is 0.574. The number of ether oxygens (including phenoxy) is 1. The van der Waals surface area contributed by atoms with E-state index in [1.165, 1.54) is 10.8 Å². The number of rotatable bonds is 5. The standard InChI is InChI=1S/C10H14N4O4/c1-8(7-13-4-5-18-10(13)15)6-12-3-2-11-9(12)14(16)17/h2-3,8H,4-7H2,1H3. The second kappa shape index (κ2) is 5.03. The van der Waals surface area contributed by atoms with Gasteiger partial charge in [0.1, 0.15) is 19.0 Å². The van der Waals surface area contributed by atoms with Gasteiger partial charge in [-0.05, 0) is 4.92 Å². The highest BCUT2D eigenvalue weighted by Gasteiger charge is 2.25. The van der Waals surface area contributed by atoms with Crippen LogP contribution in [-0.4, -0.2) is 45.2 Å². The van der Waals surface area contributed by atoms with E-state index in [0.29, 0.717) is 26.2 Å². The van der Waals surface area contributed by atoms with Crippen LogP contribution in [0.2, 0.25) is 0 Å². The molecule has 1 aromatic rings. The predicted octanol–water partition coefficient (Wildman–Crippen LogP) is 0.880. The van der Waals surface area contributed by atoms with Gasteiger partial charge in [-0.15, -0.1) is 0 Å². The van der Waals surface area contributed by atoms with Crippen molar-refractivity contribution in [2.45, 2.75) is 13.5 Å². The zero-order chi connectivity index (χ0) is 13.1. The molecular weight excluding hydrogens is 240 g/mol. The van der Waals surface area contributed by atoms with Gasteiger partial charge in [0.15, 0.2) is 0 Å². The van der Waals surface area contributed by atoms with Crippen molar-refractivity contribution in [1.82, 2.24) is 14.5 Å². The summed E-state index contributed by atoms with van der Waals surface area (Å²) in [4.78, 5) is 26.7. The molecule has 1 fully saturated rings. The van der Waals surface area contributed by atoms with Gasteiger partial charge in [0.2, 0.25) is 0 Å². The lowest BCUT2D eigenvalue weighted by Gasteiger charge is -2.17. The molecule has 18 heavy (non-hydrogen) atoms. The van der Waals surface area contributed by atoms with Crippen molar-refractivity contribution in [1.29, 1.82) is 0 Å². The summed E-state index contributed by atoms with van der Waals surface area (Å²) >= 11 is 0. The molecule has 1 aliphatic heterocycles. The lowest BCUT2D eigenvalue weighted by Crippen LogP contribution is -2.31. The summed E-state index contributed by atoms with van der Waals surface area (Å²) < 4.78 is 6.30. The molecule has 0 aliphatic carbocycles. The molecule has 2 rings (SSSR count). The first-order valence-corrected chi connectivity index (χ1v) is 5.65. The van der Waals surface area contributed by atoms with Gasteiger partial charge in [-0.2, -0.15) is 0 Å². The van der Waals surface area contributed by atoms with Crippen molar-refractivity contribution >= 4 is 12.0 Å². The number of carbonyl (C=O) groups is 1. The Bertz CT molecular complexity index is 458. The molecule has 1 unspecified atom stereocenters. The van der Waals surface area contributed by atoms with Crippen LogP contribution in [0.3, 0.4) is 0 Å². The number of amides is 1. The molecular formula is C10H14N4O4. The summed E-state index contributed by atoms with van der Waals surface area (Å²) in [5, 5.41) is 10.7. The van der Waals surface area contributed by atoms with Gasteiger partial charge < -0.3 is 19.8 Å². The predicted molar refractivity (Wildman–Crippen MR) is 61.0 cm³/mol. The highest BCUT2D eigenvalue weighted by Crippen LogP contribution is 2.13. The number of nitro groups is 1. The minimum Gasteiger partial charge on any atom is -0.448 e. The van der Waals surface area contributed by atoms with Crippen LogP contribution in [-0.2, 0) is 11.3 Å². The summed E-state index contributed by atoms with van der Waals surface area (Å²) in [6.07, 6.45) is 2.65. The number of cyclic esters (lactones) is 1. The van der Waals surface area contributed by atoms with Crippen LogP contribution in [0.25, 0.3) is 0 Å². The zero-order valence-electron chi connectivity index (χ0n) is 9.98. The molecule has 0 bridgehead atoms. The number of hydrogen-bond donors (Lipinski definition) is 0. The van der Waals surface area contributed by atoms with E-state index in [2.05, 4.69) is 4.98 Å². The summed E-state index contributed by atoms with van der Waals surface area (Å²) in [5.41, 5.74) is 0. The first kappa shape index (κ1) is 12.3. The van der Waals surface area contributed by atoms with Crippen molar-refractivity contribution in [3.63, 3.8) is 0 Å². The van der Waals surface area contributed by atoms with Crippen LogP contribution in [0, 0.1) is 16.0 Å². The third-order valence-electron chi connectivity index (χ3n) is 2.74. The molecule has 0 saturated carbocycles. The van der Waals surface area contributed by atoms with E-state index in [9.17, 15) is 14.9 Å². The third kappa shape index (κ3) is 2.58. The van der Waals surface area contributed by atoms with Crippen LogP contribution >= 0.6 is 0 Å². The fourth-order valence-corrected chi connectivity index (χ4v) is 1.98. The van der Waals surface area contributed by atoms with E-state index in [-0.39, 0.29) is 18.0 Å². The van der Waals surface area contributed by atoms with Crippen LogP contribution in [0.15, 0.2) is 12.4 Å². The first-order valence-electron chi connectivity index (χ1n) is 5.65. The van der Waals surface area contributed by atoms with E-state index in [1.54, 1.807) is 11.1 Å². The van der Waals surface area contributed by atoms with E-state index in [1.807, 2.05) is 6.92 Å². The number of aromatic nitrogens is 2. The molecule has 0 spiro atoms. The molecule has 0 radical (unpaired) electrons. The Hall–Kier alpha value is -2.12.